The Labute approximate surface area is 97.0 Å². The van der Waals surface area contributed by atoms with Crippen LogP contribution in [0, 0.1) is 23.4 Å². The van der Waals surface area contributed by atoms with Crippen molar-refractivity contribution < 1.29 is 18.0 Å². The molecule has 0 aromatic heterocycles. The van der Waals surface area contributed by atoms with E-state index in [2.05, 4.69) is 0 Å². The van der Waals surface area contributed by atoms with Gasteiger partial charge in [0.15, 0.2) is 11.6 Å². The zero-order valence-electron chi connectivity index (χ0n) is 9.13. The van der Waals surface area contributed by atoms with Gasteiger partial charge in [-0.25, -0.2) is 13.2 Å². The topological polar surface area (TPSA) is 20.3 Å². The number of hydrogen-bond donors (Lipinski definition) is 0. The molecule has 1 aromatic carbocycles. The maximum atomic E-state index is 13.5. The normalized spacial score (nSPS) is 20.4. The molecule has 0 bridgehead atoms. The highest BCUT2D eigenvalue weighted by Gasteiger charge is 2.22. The van der Waals surface area contributed by atoms with Crippen LogP contribution in [-0.4, -0.2) is 19.4 Å². The third kappa shape index (κ3) is 2.43. The first-order valence-electron chi connectivity index (χ1n) is 5.46. The highest BCUT2D eigenvalue weighted by molar-refractivity contribution is 5.57. The Morgan fingerprint density at radius 2 is 1.88 bits per heavy atom. The first-order valence-corrected chi connectivity index (χ1v) is 5.46. The molecular weight excluding hydrogens is 231 g/mol. The maximum absolute atomic E-state index is 13.5. The number of benzene rings is 1. The Morgan fingerprint density at radius 3 is 2.59 bits per heavy atom. The van der Waals surface area contributed by atoms with Crippen molar-refractivity contribution in [1.29, 1.82) is 0 Å². The average molecular weight is 243 g/mol. The smallest absolute Gasteiger partial charge is 0.161 e. The van der Waals surface area contributed by atoms with Gasteiger partial charge in [-0.05, 0) is 12.8 Å². The molecule has 1 atom stereocenters. The minimum Gasteiger partial charge on any atom is -0.368 e. The Kier molecular flexibility index (Phi) is 3.36. The summed E-state index contributed by atoms with van der Waals surface area (Å²) < 4.78 is 39.3. The molecule has 2 nitrogen and oxygen atoms in total. The Morgan fingerprint density at radius 1 is 1.18 bits per heavy atom. The van der Waals surface area contributed by atoms with Gasteiger partial charge in [0.1, 0.15) is 12.1 Å². The summed E-state index contributed by atoms with van der Waals surface area (Å²) in [6.45, 7) is 0.901. The van der Waals surface area contributed by atoms with Gasteiger partial charge in [-0.3, -0.25) is 0 Å². The second-order valence-corrected chi connectivity index (χ2v) is 4.20. The van der Waals surface area contributed by atoms with E-state index in [9.17, 15) is 18.0 Å². The molecule has 1 saturated heterocycles. The van der Waals surface area contributed by atoms with Crippen LogP contribution >= 0.6 is 0 Å². The van der Waals surface area contributed by atoms with Crippen molar-refractivity contribution in [3.8, 4) is 0 Å². The predicted octanol–water partition coefficient (Wildman–Crippen LogP) is 2.52. The lowest BCUT2D eigenvalue weighted by atomic mass is 9.99. The zero-order chi connectivity index (χ0) is 12.4. The van der Waals surface area contributed by atoms with Crippen molar-refractivity contribution in [3.63, 3.8) is 0 Å². The van der Waals surface area contributed by atoms with E-state index >= 15 is 0 Å². The third-order valence-corrected chi connectivity index (χ3v) is 2.98. The minimum absolute atomic E-state index is 0.0236. The van der Waals surface area contributed by atoms with Gasteiger partial charge < -0.3 is 9.69 Å². The highest BCUT2D eigenvalue weighted by Crippen LogP contribution is 2.26. The summed E-state index contributed by atoms with van der Waals surface area (Å²) in [6, 6.07) is 1.38. The molecule has 0 amide bonds. The van der Waals surface area contributed by atoms with Gasteiger partial charge in [-0.15, -0.1) is 0 Å². The van der Waals surface area contributed by atoms with Crippen molar-refractivity contribution in [2.75, 3.05) is 18.0 Å². The molecule has 0 radical (unpaired) electrons. The van der Waals surface area contributed by atoms with Crippen molar-refractivity contribution >= 4 is 12.0 Å². The van der Waals surface area contributed by atoms with E-state index in [1.165, 1.54) is 0 Å². The van der Waals surface area contributed by atoms with E-state index in [1.54, 1.807) is 4.90 Å². The Bertz CT molecular complexity index is 436. The summed E-state index contributed by atoms with van der Waals surface area (Å²) in [4.78, 5) is 12.3. The molecule has 1 aliphatic rings. The standard InChI is InChI=1S/C12H12F3NO/c13-9-4-11(15)12(5-10(9)14)16-3-1-2-8(6-16)7-17/h4-5,7-8H,1-3,6H2. The van der Waals surface area contributed by atoms with E-state index in [4.69, 9.17) is 0 Å². The molecule has 1 fully saturated rings. The van der Waals surface area contributed by atoms with Crippen LogP contribution < -0.4 is 4.90 Å². The van der Waals surface area contributed by atoms with Gasteiger partial charge in [0.25, 0.3) is 0 Å². The third-order valence-electron chi connectivity index (χ3n) is 2.98. The summed E-state index contributed by atoms with van der Waals surface area (Å²) in [5, 5.41) is 0. The SMILES string of the molecule is O=CC1CCCN(c2cc(F)c(F)cc2F)C1. The number of anilines is 1. The number of aldehydes is 1. The van der Waals surface area contributed by atoms with Crippen LogP contribution in [0.3, 0.4) is 0 Å². The van der Waals surface area contributed by atoms with Crippen LogP contribution in [-0.2, 0) is 4.79 Å². The van der Waals surface area contributed by atoms with Crippen LogP contribution in [0.25, 0.3) is 0 Å². The van der Waals surface area contributed by atoms with Crippen molar-refractivity contribution in [1.82, 2.24) is 0 Å². The number of piperidine rings is 1. The molecule has 1 heterocycles. The lowest BCUT2D eigenvalue weighted by molar-refractivity contribution is -0.111. The van der Waals surface area contributed by atoms with Crippen molar-refractivity contribution in [2.24, 2.45) is 5.92 Å². The Balaban J connectivity index is 2.27. The number of carbonyl (C=O) groups excluding carboxylic acids is 1. The zero-order valence-corrected chi connectivity index (χ0v) is 9.13. The largest absolute Gasteiger partial charge is 0.368 e. The summed E-state index contributed by atoms with van der Waals surface area (Å²) in [7, 11) is 0. The van der Waals surface area contributed by atoms with Crippen LogP contribution in [0.1, 0.15) is 12.8 Å². The fourth-order valence-electron chi connectivity index (χ4n) is 2.09. The van der Waals surface area contributed by atoms with Gasteiger partial charge in [-0.1, -0.05) is 0 Å². The fraction of sp³-hybridized carbons (Fsp3) is 0.417. The lowest BCUT2D eigenvalue weighted by Crippen LogP contribution is -2.36. The van der Waals surface area contributed by atoms with Gasteiger partial charge in [0, 0.05) is 31.1 Å². The quantitative estimate of drug-likeness (QED) is 0.587. The number of halogens is 3. The maximum Gasteiger partial charge on any atom is 0.161 e. The number of carbonyl (C=O) groups is 1. The molecule has 2 rings (SSSR count). The summed E-state index contributed by atoms with van der Waals surface area (Å²) in [5.74, 6) is -3.24. The minimum atomic E-state index is -1.20. The van der Waals surface area contributed by atoms with E-state index in [1.807, 2.05) is 0 Å². The monoisotopic (exact) mass is 243 g/mol. The van der Waals surface area contributed by atoms with E-state index in [-0.39, 0.29) is 11.6 Å². The fourth-order valence-corrected chi connectivity index (χ4v) is 2.09. The second kappa shape index (κ2) is 4.77. The van der Waals surface area contributed by atoms with Gasteiger partial charge >= 0.3 is 0 Å². The molecule has 17 heavy (non-hydrogen) atoms. The molecule has 0 spiro atoms. The number of nitrogens with zero attached hydrogens (tertiary/aromatic N) is 1. The molecule has 1 aliphatic heterocycles. The summed E-state index contributed by atoms with van der Waals surface area (Å²) in [6.07, 6.45) is 2.32. The molecule has 1 unspecified atom stereocenters. The van der Waals surface area contributed by atoms with E-state index < -0.39 is 17.5 Å². The van der Waals surface area contributed by atoms with Crippen LogP contribution in [0.5, 0.6) is 0 Å². The van der Waals surface area contributed by atoms with E-state index in [0.717, 1.165) is 25.2 Å². The van der Waals surface area contributed by atoms with Gasteiger partial charge in [0.05, 0.1) is 5.69 Å². The molecule has 0 saturated carbocycles. The van der Waals surface area contributed by atoms with Crippen molar-refractivity contribution in [3.05, 3.63) is 29.6 Å². The molecule has 92 valence electrons. The molecule has 5 heteroatoms. The lowest BCUT2D eigenvalue weighted by Gasteiger charge is -2.32. The predicted molar refractivity (Wildman–Crippen MR) is 57.3 cm³/mol. The van der Waals surface area contributed by atoms with Crippen LogP contribution in [0.15, 0.2) is 12.1 Å². The first-order chi connectivity index (χ1) is 8.11. The number of hydrogen-bond acceptors (Lipinski definition) is 2. The van der Waals surface area contributed by atoms with Crippen LogP contribution in [0.2, 0.25) is 0 Å². The Hall–Kier alpha value is -1.52. The average Bonchev–Trinajstić information content (AvgIpc) is 2.34. The molecule has 1 aromatic rings. The van der Waals surface area contributed by atoms with E-state index in [0.29, 0.717) is 19.2 Å². The van der Waals surface area contributed by atoms with Crippen LogP contribution in [0.4, 0.5) is 18.9 Å². The molecule has 0 N–H and O–H groups in total. The van der Waals surface area contributed by atoms with Crippen molar-refractivity contribution in [2.45, 2.75) is 12.8 Å². The van der Waals surface area contributed by atoms with Gasteiger partial charge in [-0.2, -0.15) is 0 Å². The molecular formula is C12H12F3NO. The first kappa shape index (κ1) is 12.0. The number of rotatable bonds is 2. The second-order valence-electron chi connectivity index (χ2n) is 4.20. The van der Waals surface area contributed by atoms with Gasteiger partial charge in [0.2, 0.25) is 0 Å². The molecule has 0 aliphatic carbocycles. The highest BCUT2D eigenvalue weighted by atomic mass is 19.2. The summed E-state index contributed by atoms with van der Waals surface area (Å²) in [5.41, 5.74) is 0.0236. The summed E-state index contributed by atoms with van der Waals surface area (Å²) >= 11 is 0.